The van der Waals surface area contributed by atoms with E-state index in [0.29, 0.717) is 5.84 Å². The van der Waals surface area contributed by atoms with Crippen molar-refractivity contribution < 1.29 is 0 Å². The molecule has 13 heavy (non-hydrogen) atoms. The minimum atomic E-state index is 0.711. The van der Waals surface area contributed by atoms with Crippen molar-refractivity contribution in [1.29, 1.82) is 5.41 Å². The van der Waals surface area contributed by atoms with Gasteiger partial charge in [-0.05, 0) is 43.9 Å². The quantitative estimate of drug-likeness (QED) is 0.512. The Hall–Kier alpha value is -0.530. The third-order valence-electron chi connectivity index (χ3n) is 3.97. The summed E-state index contributed by atoms with van der Waals surface area (Å²) < 4.78 is 0. The molecule has 0 spiro atoms. The predicted molar refractivity (Wildman–Crippen MR) is 55.0 cm³/mol. The Labute approximate surface area is 80.8 Å². The number of amidine groups is 1. The molecular weight excluding hydrogens is 160 g/mol. The third-order valence-corrected chi connectivity index (χ3v) is 3.97. The number of rotatable bonds is 2. The number of nitrogens with one attached hydrogen (secondary N) is 1. The third kappa shape index (κ3) is 1.72. The molecule has 1 N–H and O–H groups in total. The van der Waals surface area contributed by atoms with Crippen LogP contribution in [0.2, 0.25) is 0 Å². The highest BCUT2D eigenvalue weighted by Gasteiger charge is 2.39. The molecule has 2 bridgehead atoms. The summed E-state index contributed by atoms with van der Waals surface area (Å²) in [6, 6.07) is 0. The summed E-state index contributed by atoms with van der Waals surface area (Å²) in [6.07, 6.45) is 5.85. The van der Waals surface area contributed by atoms with Crippen molar-refractivity contribution in [1.82, 2.24) is 4.90 Å². The fourth-order valence-corrected chi connectivity index (χ4v) is 3.09. The topological polar surface area (TPSA) is 27.1 Å². The maximum Gasteiger partial charge on any atom is 0.0923 e. The van der Waals surface area contributed by atoms with E-state index in [1.807, 2.05) is 14.0 Å². The van der Waals surface area contributed by atoms with E-state index in [1.165, 1.54) is 25.7 Å². The molecule has 74 valence electrons. The lowest BCUT2D eigenvalue weighted by atomic mass is 9.88. The summed E-state index contributed by atoms with van der Waals surface area (Å²) in [5.74, 6) is 3.63. The summed E-state index contributed by atoms with van der Waals surface area (Å²) in [6.45, 7) is 3.00. The Morgan fingerprint density at radius 2 is 2.15 bits per heavy atom. The second kappa shape index (κ2) is 3.32. The summed E-state index contributed by atoms with van der Waals surface area (Å²) in [7, 11) is 2.05. The highest BCUT2D eigenvalue weighted by Crippen LogP contribution is 2.48. The lowest BCUT2D eigenvalue weighted by Gasteiger charge is -2.27. The van der Waals surface area contributed by atoms with Crippen molar-refractivity contribution in [3.05, 3.63) is 0 Å². The largest absolute Gasteiger partial charge is 0.364 e. The van der Waals surface area contributed by atoms with Crippen molar-refractivity contribution >= 4 is 5.84 Å². The van der Waals surface area contributed by atoms with E-state index in [2.05, 4.69) is 4.90 Å². The van der Waals surface area contributed by atoms with Crippen LogP contribution in [-0.4, -0.2) is 24.3 Å². The van der Waals surface area contributed by atoms with Crippen molar-refractivity contribution in [3.8, 4) is 0 Å². The summed E-state index contributed by atoms with van der Waals surface area (Å²) >= 11 is 0. The maximum atomic E-state index is 7.52. The molecule has 0 heterocycles. The lowest BCUT2D eigenvalue weighted by molar-refractivity contribution is 0.275. The number of fused-ring (bicyclic) bond motifs is 2. The normalized spacial score (nSPS) is 36.6. The second-order valence-electron chi connectivity index (χ2n) is 4.90. The molecule has 0 aromatic carbocycles. The van der Waals surface area contributed by atoms with Crippen LogP contribution in [0.3, 0.4) is 0 Å². The number of hydrogen-bond donors (Lipinski definition) is 1. The van der Waals surface area contributed by atoms with Gasteiger partial charge in [0.25, 0.3) is 0 Å². The average molecular weight is 180 g/mol. The Morgan fingerprint density at radius 1 is 1.38 bits per heavy atom. The van der Waals surface area contributed by atoms with E-state index < -0.39 is 0 Å². The molecule has 0 radical (unpaired) electrons. The molecular formula is C11H20N2. The van der Waals surface area contributed by atoms with Gasteiger partial charge in [0.1, 0.15) is 0 Å². The molecule has 2 nitrogen and oxygen atoms in total. The molecule has 2 rings (SSSR count). The van der Waals surface area contributed by atoms with Gasteiger partial charge in [0.15, 0.2) is 0 Å². The Balaban J connectivity index is 1.86. The summed E-state index contributed by atoms with van der Waals surface area (Å²) in [4.78, 5) is 2.10. The van der Waals surface area contributed by atoms with Crippen LogP contribution in [0.5, 0.6) is 0 Å². The van der Waals surface area contributed by atoms with Crippen LogP contribution >= 0.6 is 0 Å². The van der Waals surface area contributed by atoms with Gasteiger partial charge in [-0.3, -0.25) is 5.41 Å². The van der Waals surface area contributed by atoms with Crippen LogP contribution in [0, 0.1) is 23.2 Å². The standard InChI is InChI=1S/C11H20N2/c1-8(12)13(2)7-11-6-9-3-4-10(11)5-9/h9-12H,3-7H2,1-2H3. The highest BCUT2D eigenvalue weighted by molar-refractivity contribution is 5.75. The van der Waals surface area contributed by atoms with Crippen molar-refractivity contribution in [3.63, 3.8) is 0 Å². The zero-order valence-electron chi connectivity index (χ0n) is 8.71. The van der Waals surface area contributed by atoms with Crippen molar-refractivity contribution in [2.24, 2.45) is 17.8 Å². The van der Waals surface area contributed by atoms with Gasteiger partial charge in [-0.25, -0.2) is 0 Å². The predicted octanol–water partition coefficient (Wildman–Crippen LogP) is 2.35. The zero-order valence-corrected chi connectivity index (χ0v) is 8.71. The average Bonchev–Trinajstić information content (AvgIpc) is 2.64. The van der Waals surface area contributed by atoms with E-state index in [1.54, 1.807) is 0 Å². The molecule has 0 saturated heterocycles. The molecule has 0 aromatic heterocycles. The van der Waals surface area contributed by atoms with Crippen molar-refractivity contribution in [2.45, 2.75) is 32.6 Å². The van der Waals surface area contributed by atoms with Crippen LogP contribution in [0.1, 0.15) is 32.6 Å². The van der Waals surface area contributed by atoms with E-state index in [-0.39, 0.29) is 0 Å². The second-order valence-corrected chi connectivity index (χ2v) is 4.90. The Bertz CT molecular complexity index is 212. The van der Waals surface area contributed by atoms with Gasteiger partial charge in [-0.15, -0.1) is 0 Å². The van der Waals surface area contributed by atoms with Crippen LogP contribution in [-0.2, 0) is 0 Å². The molecule has 2 aliphatic rings. The fraction of sp³-hybridized carbons (Fsp3) is 0.909. The first-order chi connectivity index (χ1) is 6.16. The lowest BCUT2D eigenvalue weighted by Crippen LogP contribution is -2.31. The SMILES string of the molecule is CC(=N)N(C)CC1CC2CCC1C2. The molecule has 2 saturated carbocycles. The van der Waals surface area contributed by atoms with Crippen molar-refractivity contribution in [2.75, 3.05) is 13.6 Å². The zero-order chi connectivity index (χ0) is 9.42. The van der Waals surface area contributed by atoms with Crippen LogP contribution in [0.15, 0.2) is 0 Å². The first-order valence-corrected chi connectivity index (χ1v) is 5.43. The van der Waals surface area contributed by atoms with E-state index in [0.717, 1.165) is 24.3 Å². The maximum absolute atomic E-state index is 7.52. The fourth-order valence-electron chi connectivity index (χ4n) is 3.09. The summed E-state index contributed by atoms with van der Waals surface area (Å²) in [5.41, 5.74) is 0. The summed E-state index contributed by atoms with van der Waals surface area (Å²) in [5, 5.41) is 7.52. The van der Waals surface area contributed by atoms with Gasteiger partial charge in [-0.1, -0.05) is 6.42 Å². The van der Waals surface area contributed by atoms with E-state index in [9.17, 15) is 0 Å². The molecule has 3 atom stereocenters. The molecule has 2 heteroatoms. The van der Waals surface area contributed by atoms with Gasteiger partial charge < -0.3 is 4.90 Å². The minimum absolute atomic E-state index is 0.711. The minimum Gasteiger partial charge on any atom is -0.364 e. The highest BCUT2D eigenvalue weighted by atomic mass is 15.1. The van der Waals surface area contributed by atoms with E-state index >= 15 is 0 Å². The Morgan fingerprint density at radius 3 is 2.62 bits per heavy atom. The van der Waals surface area contributed by atoms with Gasteiger partial charge in [0.2, 0.25) is 0 Å². The monoisotopic (exact) mass is 180 g/mol. The molecule has 0 aliphatic heterocycles. The van der Waals surface area contributed by atoms with Gasteiger partial charge >= 0.3 is 0 Å². The van der Waals surface area contributed by atoms with Crippen LogP contribution < -0.4 is 0 Å². The first kappa shape index (κ1) is 9.04. The van der Waals surface area contributed by atoms with Gasteiger partial charge in [0.05, 0.1) is 5.84 Å². The molecule has 3 unspecified atom stereocenters. The van der Waals surface area contributed by atoms with Gasteiger partial charge in [0, 0.05) is 13.6 Å². The molecule has 2 aliphatic carbocycles. The molecule has 2 fully saturated rings. The molecule has 0 amide bonds. The van der Waals surface area contributed by atoms with Crippen LogP contribution in [0.25, 0.3) is 0 Å². The van der Waals surface area contributed by atoms with Crippen LogP contribution in [0.4, 0.5) is 0 Å². The number of nitrogens with zero attached hydrogens (tertiary/aromatic N) is 1. The van der Waals surface area contributed by atoms with E-state index in [4.69, 9.17) is 5.41 Å². The smallest absolute Gasteiger partial charge is 0.0923 e. The number of hydrogen-bond acceptors (Lipinski definition) is 1. The molecule has 0 aromatic rings. The Kier molecular flexibility index (Phi) is 2.31. The first-order valence-electron chi connectivity index (χ1n) is 5.43. The van der Waals surface area contributed by atoms with Gasteiger partial charge in [-0.2, -0.15) is 0 Å².